The zero-order valence-corrected chi connectivity index (χ0v) is 19.4. The van der Waals surface area contributed by atoms with Gasteiger partial charge in [-0.15, -0.1) is 0 Å². The minimum atomic E-state index is -1.52. The molecule has 2 amide bonds. The Kier molecular flexibility index (Phi) is 6.26. The third-order valence-electron chi connectivity index (χ3n) is 6.38. The Morgan fingerprint density at radius 2 is 1.89 bits per heavy atom. The van der Waals surface area contributed by atoms with Crippen molar-refractivity contribution in [2.45, 2.75) is 25.3 Å². The van der Waals surface area contributed by atoms with Crippen LogP contribution in [0, 0.1) is 0 Å². The number of ether oxygens (including phenoxy) is 2. The number of nitrogens with zero attached hydrogens (tertiary/aromatic N) is 4. The van der Waals surface area contributed by atoms with Crippen LogP contribution in [0.3, 0.4) is 0 Å². The summed E-state index contributed by atoms with van der Waals surface area (Å²) in [6, 6.07) is 11.5. The Hall–Kier alpha value is -4.44. The highest BCUT2D eigenvalue weighted by atomic mass is 16.5. The summed E-state index contributed by atoms with van der Waals surface area (Å²) in [5, 5.41) is 21.4. The molecular formula is C26H24N4O6. The summed E-state index contributed by atoms with van der Waals surface area (Å²) >= 11 is 0. The Bertz CT molecular complexity index is 1310. The second kappa shape index (κ2) is 9.67. The minimum Gasteiger partial charge on any atom is -0.493 e. The molecule has 10 nitrogen and oxygen atoms in total. The minimum absolute atomic E-state index is 0.0304. The molecule has 2 aromatic carbocycles. The van der Waals surface area contributed by atoms with E-state index < -0.39 is 24.3 Å². The predicted octanol–water partition coefficient (Wildman–Crippen LogP) is 3.18. The molecule has 1 aromatic heterocycles. The summed E-state index contributed by atoms with van der Waals surface area (Å²) in [5.74, 6) is 0.128. The van der Waals surface area contributed by atoms with Gasteiger partial charge in [-0.05, 0) is 23.6 Å². The third kappa shape index (κ3) is 4.22. The highest BCUT2D eigenvalue weighted by molar-refractivity contribution is 6.06. The number of hydrogen-bond donors (Lipinski definition) is 2. The molecule has 2 atom stereocenters. The van der Waals surface area contributed by atoms with Crippen molar-refractivity contribution < 1.29 is 29.3 Å². The molecule has 36 heavy (non-hydrogen) atoms. The third-order valence-corrected chi connectivity index (χ3v) is 6.38. The highest BCUT2D eigenvalue weighted by Crippen LogP contribution is 2.41. The number of carbonyl (C=O) groups excluding carboxylic acids is 1. The van der Waals surface area contributed by atoms with Gasteiger partial charge in [0.2, 0.25) is 0 Å². The Morgan fingerprint density at radius 1 is 1.14 bits per heavy atom. The van der Waals surface area contributed by atoms with Gasteiger partial charge in [-0.1, -0.05) is 36.4 Å². The van der Waals surface area contributed by atoms with Gasteiger partial charge < -0.3 is 24.6 Å². The maximum Gasteiger partial charge on any atom is 0.414 e. The van der Waals surface area contributed by atoms with Crippen molar-refractivity contribution in [3.63, 3.8) is 0 Å². The van der Waals surface area contributed by atoms with Gasteiger partial charge in [-0.3, -0.25) is 4.79 Å². The van der Waals surface area contributed by atoms with Gasteiger partial charge in [0.15, 0.2) is 17.7 Å². The first-order valence-corrected chi connectivity index (χ1v) is 11.3. The number of fused-ring (bicyclic) bond motifs is 2. The molecule has 5 rings (SSSR count). The molecule has 0 aliphatic carbocycles. The van der Waals surface area contributed by atoms with Gasteiger partial charge in [-0.2, -0.15) is 0 Å². The van der Waals surface area contributed by atoms with Crippen LogP contribution >= 0.6 is 0 Å². The van der Waals surface area contributed by atoms with Crippen LogP contribution in [0.25, 0.3) is 5.57 Å². The van der Waals surface area contributed by atoms with Crippen LogP contribution in [0.4, 0.5) is 10.5 Å². The Morgan fingerprint density at radius 3 is 2.58 bits per heavy atom. The van der Waals surface area contributed by atoms with Crippen LogP contribution in [-0.2, 0) is 6.61 Å². The quantitative estimate of drug-likeness (QED) is 0.561. The summed E-state index contributed by atoms with van der Waals surface area (Å²) in [5.41, 5.74) is 2.61. The predicted molar refractivity (Wildman–Crippen MR) is 130 cm³/mol. The average molecular weight is 489 g/mol. The van der Waals surface area contributed by atoms with Gasteiger partial charge in [0.1, 0.15) is 12.9 Å². The molecule has 2 aliphatic heterocycles. The van der Waals surface area contributed by atoms with Crippen LogP contribution in [0.5, 0.6) is 11.5 Å². The summed E-state index contributed by atoms with van der Waals surface area (Å²) in [7, 11) is 1.45. The lowest BCUT2D eigenvalue weighted by molar-refractivity contribution is 0.0411. The number of aromatic nitrogens is 2. The van der Waals surface area contributed by atoms with Crippen LogP contribution < -0.4 is 14.4 Å². The average Bonchev–Trinajstić information content (AvgIpc) is 3.00. The second-order valence-corrected chi connectivity index (χ2v) is 8.45. The molecule has 0 radical (unpaired) electrons. The lowest BCUT2D eigenvalue weighted by Gasteiger charge is -2.38. The van der Waals surface area contributed by atoms with Gasteiger partial charge in [0, 0.05) is 30.6 Å². The number of carboxylic acid groups (broad SMARTS) is 1. The largest absolute Gasteiger partial charge is 0.493 e. The standard InChI is InChI=1S/C26H24N4O6/c1-35-22-10-19-20(11-23(22)36-14-16-5-3-2-4-6-16)30(26(33)34)25(32)21-9-17(7-8-29(21)24(19)31)18-12-27-15-28-13-18/h2-7,10-13,15,21,25,32H,8-9,14H2,1H3,(H,33,34)/t21-,25?/m0/s1. The number of carbonyl (C=O) groups is 2. The number of amides is 2. The lowest BCUT2D eigenvalue weighted by Crippen LogP contribution is -2.54. The van der Waals surface area contributed by atoms with Crippen molar-refractivity contribution in [2.24, 2.45) is 0 Å². The van der Waals surface area contributed by atoms with Crippen molar-refractivity contribution in [1.29, 1.82) is 0 Å². The molecule has 3 heterocycles. The van der Waals surface area contributed by atoms with E-state index in [9.17, 15) is 19.8 Å². The Labute approximate surface area is 207 Å². The molecule has 184 valence electrons. The zero-order valence-electron chi connectivity index (χ0n) is 19.4. The monoisotopic (exact) mass is 488 g/mol. The first-order valence-electron chi connectivity index (χ1n) is 11.3. The molecule has 2 N–H and O–H groups in total. The zero-order chi connectivity index (χ0) is 25.2. The number of benzene rings is 2. The molecular weight excluding hydrogens is 464 g/mol. The highest BCUT2D eigenvalue weighted by Gasteiger charge is 2.44. The van der Waals surface area contributed by atoms with Gasteiger partial charge in [0.05, 0.1) is 24.4 Å². The van der Waals surface area contributed by atoms with E-state index in [-0.39, 0.29) is 42.3 Å². The van der Waals surface area contributed by atoms with E-state index in [0.29, 0.717) is 0 Å². The van der Waals surface area contributed by atoms with E-state index in [1.807, 2.05) is 36.4 Å². The fourth-order valence-electron chi connectivity index (χ4n) is 4.58. The van der Waals surface area contributed by atoms with E-state index in [4.69, 9.17) is 9.47 Å². The van der Waals surface area contributed by atoms with Crippen molar-refractivity contribution in [3.8, 4) is 11.5 Å². The van der Waals surface area contributed by atoms with E-state index >= 15 is 0 Å². The summed E-state index contributed by atoms with van der Waals surface area (Å²) in [6.45, 7) is 0.396. The first kappa shape index (κ1) is 23.3. The van der Waals surface area contributed by atoms with Crippen LogP contribution in [-0.4, -0.2) is 63.0 Å². The summed E-state index contributed by atoms with van der Waals surface area (Å²) in [4.78, 5) is 36.4. The van der Waals surface area contributed by atoms with Crippen molar-refractivity contribution in [2.75, 3.05) is 18.6 Å². The van der Waals surface area contributed by atoms with Gasteiger partial charge in [-0.25, -0.2) is 19.7 Å². The maximum atomic E-state index is 13.6. The molecule has 0 fully saturated rings. The SMILES string of the molecule is COc1cc2c(cc1OCc1ccccc1)N(C(=O)O)C(O)[C@@H]1CC(c3cncnc3)=CCN1C2=O. The van der Waals surface area contributed by atoms with Crippen LogP contribution in [0.15, 0.2) is 67.3 Å². The van der Waals surface area contributed by atoms with E-state index in [0.717, 1.165) is 21.6 Å². The van der Waals surface area contributed by atoms with Crippen molar-refractivity contribution in [1.82, 2.24) is 14.9 Å². The molecule has 3 aromatic rings. The Balaban J connectivity index is 1.54. The number of aliphatic hydroxyl groups is 1. The second-order valence-electron chi connectivity index (χ2n) is 8.45. The van der Waals surface area contributed by atoms with Gasteiger partial charge >= 0.3 is 6.09 Å². The van der Waals surface area contributed by atoms with Crippen LogP contribution in [0.2, 0.25) is 0 Å². The lowest BCUT2D eigenvalue weighted by atomic mass is 9.94. The molecule has 10 heteroatoms. The van der Waals surface area contributed by atoms with E-state index in [1.165, 1.54) is 30.5 Å². The topological polar surface area (TPSA) is 125 Å². The molecule has 0 spiro atoms. The smallest absolute Gasteiger partial charge is 0.414 e. The van der Waals surface area contributed by atoms with Crippen LogP contribution in [0.1, 0.15) is 27.9 Å². The molecule has 0 saturated carbocycles. The first-order chi connectivity index (χ1) is 17.5. The number of anilines is 1. The molecule has 2 aliphatic rings. The molecule has 1 unspecified atom stereocenters. The maximum absolute atomic E-state index is 13.6. The van der Waals surface area contributed by atoms with E-state index in [2.05, 4.69) is 9.97 Å². The van der Waals surface area contributed by atoms with Gasteiger partial charge in [0.25, 0.3) is 5.91 Å². The van der Waals surface area contributed by atoms with Crippen molar-refractivity contribution in [3.05, 3.63) is 84.0 Å². The number of rotatable bonds is 5. The normalized spacial score (nSPS) is 19.1. The molecule has 0 bridgehead atoms. The summed E-state index contributed by atoms with van der Waals surface area (Å²) < 4.78 is 11.4. The summed E-state index contributed by atoms with van der Waals surface area (Å²) in [6.07, 6.45) is 3.89. The number of methoxy groups -OCH3 is 1. The van der Waals surface area contributed by atoms with Crippen molar-refractivity contribution >= 4 is 23.3 Å². The van der Waals surface area contributed by atoms with E-state index in [1.54, 1.807) is 12.4 Å². The fourth-order valence-corrected chi connectivity index (χ4v) is 4.58. The number of aliphatic hydroxyl groups excluding tert-OH is 1. The fraction of sp³-hybridized carbons (Fsp3) is 0.231. The number of hydrogen-bond acceptors (Lipinski definition) is 7. The molecule has 0 saturated heterocycles.